The minimum atomic E-state index is 0.0635. The Morgan fingerprint density at radius 3 is 2.31 bits per heavy atom. The van der Waals surface area contributed by atoms with Crippen molar-refractivity contribution in [3.63, 3.8) is 0 Å². The Hall–Kier alpha value is -2.66. The molecule has 0 aliphatic carbocycles. The number of para-hydroxylation sites is 1. The van der Waals surface area contributed by atoms with E-state index in [1.54, 1.807) is 6.92 Å². The van der Waals surface area contributed by atoms with Crippen LogP contribution in [-0.4, -0.2) is 44.4 Å². The molecule has 1 aliphatic rings. The highest BCUT2D eigenvalue weighted by Gasteiger charge is 2.22. The van der Waals surface area contributed by atoms with Crippen molar-refractivity contribution in [1.82, 2.24) is 0 Å². The quantitative estimate of drug-likeness (QED) is 0.803. The molecule has 5 heteroatoms. The van der Waals surface area contributed by atoms with E-state index >= 15 is 0 Å². The van der Waals surface area contributed by atoms with Gasteiger partial charge in [0.15, 0.2) is 12.3 Å². The molecule has 0 radical (unpaired) electrons. The molecule has 2 aromatic carbocycles. The topological polar surface area (TPSA) is 53.9 Å². The summed E-state index contributed by atoms with van der Waals surface area (Å²) in [6, 6.07) is 15.6. The third-order valence-corrected chi connectivity index (χ3v) is 4.94. The molecule has 5 nitrogen and oxygen atoms in total. The van der Waals surface area contributed by atoms with Crippen LogP contribution in [0.15, 0.2) is 48.5 Å². The number of benzene rings is 2. The summed E-state index contributed by atoms with van der Waals surface area (Å²) in [5.41, 5.74) is 3.85. The molecule has 2 N–H and O–H groups in total. The largest absolute Gasteiger partial charge is 0.360 e. The zero-order valence-corrected chi connectivity index (χ0v) is 15.4. The van der Waals surface area contributed by atoms with Crippen LogP contribution >= 0.6 is 0 Å². The third kappa shape index (κ3) is 4.49. The third-order valence-electron chi connectivity index (χ3n) is 4.94. The molecule has 26 heavy (non-hydrogen) atoms. The average molecular weight is 352 g/mol. The fourth-order valence-electron chi connectivity index (χ4n) is 3.30. The van der Waals surface area contributed by atoms with E-state index in [1.807, 2.05) is 55.5 Å². The highest BCUT2D eigenvalue weighted by molar-refractivity contribution is 5.94. The first-order valence-corrected chi connectivity index (χ1v) is 9.08. The molecule has 0 aromatic heterocycles. The number of Topliss-reactive ketones (excluding diaryl/α,β-unsaturated/α-hetero) is 1. The maximum Gasteiger partial charge on any atom is 0.279 e. The summed E-state index contributed by atoms with van der Waals surface area (Å²) in [4.78, 5) is 27.3. The van der Waals surface area contributed by atoms with Gasteiger partial charge < -0.3 is 15.1 Å². The lowest BCUT2D eigenvalue weighted by atomic mass is 10.1. The van der Waals surface area contributed by atoms with Crippen LogP contribution in [0.5, 0.6) is 0 Å². The van der Waals surface area contributed by atoms with E-state index in [9.17, 15) is 9.59 Å². The Bertz CT molecular complexity index is 778. The molecular formula is C21H26N3O2+. The molecule has 136 valence electrons. The Kier molecular flexibility index (Phi) is 5.68. The van der Waals surface area contributed by atoms with Gasteiger partial charge in [0.2, 0.25) is 0 Å². The second-order valence-electron chi connectivity index (χ2n) is 6.88. The number of piperazine rings is 1. The van der Waals surface area contributed by atoms with E-state index in [2.05, 4.69) is 10.2 Å². The molecule has 0 atom stereocenters. The number of nitrogens with one attached hydrogen (secondary N) is 2. The van der Waals surface area contributed by atoms with Gasteiger partial charge in [-0.3, -0.25) is 9.59 Å². The lowest BCUT2D eigenvalue weighted by Crippen LogP contribution is -3.15. The maximum absolute atomic E-state index is 12.3. The summed E-state index contributed by atoms with van der Waals surface area (Å²) >= 11 is 0. The molecule has 1 aliphatic heterocycles. The number of anilines is 2. The number of aryl methyl sites for hydroxylation is 1. The fourth-order valence-corrected chi connectivity index (χ4v) is 3.30. The van der Waals surface area contributed by atoms with Crippen molar-refractivity contribution in [3.8, 4) is 0 Å². The van der Waals surface area contributed by atoms with Crippen LogP contribution in [0.25, 0.3) is 0 Å². The number of quaternary nitrogens is 1. The van der Waals surface area contributed by atoms with Crippen molar-refractivity contribution in [3.05, 3.63) is 59.7 Å². The molecular weight excluding hydrogens is 326 g/mol. The van der Waals surface area contributed by atoms with Gasteiger partial charge >= 0.3 is 0 Å². The molecule has 0 spiro atoms. The van der Waals surface area contributed by atoms with Gasteiger partial charge in [-0.05, 0) is 49.7 Å². The molecule has 3 rings (SSSR count). The molecule has 1 amide bonds. The van der Waals surface area contributed by atoms with Crippen LogP contribution in [0.4, 0.5) is 11.4 Å². The summed E-state index contributed by atoms with van der Waals surface area (Å²) in [5, 5.41) is 3.01. The molecule has 0 bridgehead atoms. The zero-order chi connectivity index (χ0) is 18.5. The number of carbonyl (C=O) groups is 2. The van der Waals surface area contributed by atoms with Gasteiger partial charge in [-0.2, -0.15) is 0 Å². The first-order chi connectivity index (χ1) is 12.5. The first-order valence-electron chi connectivity index (χ1n) is 9.08. The first kappa shape index (κ1) is 18.1. The summed E-state index contributed by atoms with van der Waals surface area (Å²) in [6.07, 6.45) is 0. The van der Waals surface area contributed by atoms with Gasteiger partial charge in [-0.15, -0.1) is 0 Å². The smallest absolute Gasteiger partial charge is 0.279 e. The molecule has 0 saturated carbocycles. The number of carbonyl (C=O) groups excluding carboxylic acids is 2. The summed E-state index contributed by atoms with van der Waals surface area (Å²) in [7, 11) is 0. The Balaban J connectivity index is 1.49. The Morgan fingerprint density at radius 2 is 1.69 bits per heavy atom. The maximum atomic E-state index is 12.3. The minimum absolute atomic E-state index is 0.0635. The number of ketones is 1. The van der Waals surface area contributed by atoms with Gasteiger partial charge in [-0.25, -0.2) is 0 Å². The molecule has 2 aromatic rings. The monoisotopic (exact) mass is 352 g/mol. The highest BCUT2D eigenvalue weighted by atomic mass is 16.2. The van der Waals surface area contributed by atoms with Crippen molar-refractivity contribution in [2.45, 2.75) is 13.8 Å². The van der Waals surface area contributed by atoms with E-state index in [0.29, 0.717) is 6.54 Å². The molecule has 1 fully saturated rings. The van der Waals surface area contributed by atoms with Crippen LogP contribution in [0, 0.1) is 6.92 Å². The van der Waals surface area contributed by atoms with E-state index in [-0.39, 0.29) is 11.7 Å². The molecule has 1 heterocycles. The van der Waals surface area contributed by atoms with Crippen molar-refractivity contribution in [2.75, 3.05) is 42.9 Å². The lowest BCUT2D eigenvalue weighted by Gasteiger charge is -2.33. The average Bonchev–Trinajstić information content (AvgIpc) is 2.64. The lowest BCUT2D eigenvalue weighted by molar-refractivity contribution is -0.892. The zero-order valence-electron chi connectivity index (χ0n) is 15.4. The standard InChI is InChI=1S/C21H25N3O2/c1-16-5-3-4-6-20(16)22-21(26)15-23-11-13-24(14-12-23)19-9-7-18(8-10-19)17(2)25/h3-10H,11-15H2,1-2H3,(H,22,26)/p+1. The van der Waals surface area contributed by atoms with Gasteiger partial charge in [-0.1, -0.05) is 18.2 Å². The number of nitrogens with zero attached hydrogens (tertiary/aromatic N) is 1. The van der Waals surface area contributed by atoms with Crippen molar-refractivity contribution in [1.29, 1.82) is 0 Å². The number of hydrogen-bond acceptors (Lipinski definition) is 3. The van der Waals surface area contributed by atoms with Crippen LogP contribution in [0.2, 0.25) is 0 Å². The van der Waals surface area contributed by atoms with Crippen LogP contribution in [0.1, 0.15) is 22.8 Å². The van der Waals surface area contributed by atoms with E-state index < -0.39 is 0 Å². The van der Waals surface area contributed by atoms with Crippen LogP contribution in [-0.2, 0) is 4.79 Å². The number of amides is 1. The predicted octanol–water partition coefficient (Wildman–Crippen LogP) is 1.54. The van der Waals surface area contributed by atoms with E-state index in [0.717, 1.165) is 48.7 Å². The normalized spacial score (nSPS) is 14.9. The van der Waals surface area contributed by atoms with Crippen molar-refractivity contribution < 1.29 is 14.5 Å². The second kappa shape index (κ2) is 8.15. The van der Waals surface area contributed by atoms with Crippen molar-refractivity contribution >= 4 is 23.1 Å². The summed E-state index contributed by atoms with van der Waals surface area (Å²) in [5.74, 6) is 0.152. The van der Waals surface area contributed by atoms with Gasteiger partial charge in [0.1, 0.15) is 0 Å². The van der Waals surface area contributed by atoms with E-state index in [1.165, 1.54) is 4.90 Å². The van der Waals surface area contributed by atoms with Crippen molar-refractivity contribution in [2.24, 2.45) is 0 Å². The SMILES string of the molecule is CC(=O)c1ccc(N2CC[NH+](CC(=O)Nc3ccccc3C)CC2)cc1. The van der Waals surface area contributed by atoms with Gasteiger partial charge in [0, 0.05) is 16.9 Å². The number of rotatable bonds is 5. The second-order valence-corrected chi connectivity index (χ2v) is 6.88. The van der Waals surface area contributed by atoms with Crippen LogP contribution in [0.3, 0.4) is 0 Å². The molecule has 1 saturated heterocycles. The summed E-state index contributed by atoms with van der Waals surface area (Å²) in [6.45, 7) is 7.74. The fraction of sp³-hybridized carbons (Fsp3) is 0.333. The number of hydrogen-bond donors (Lipinski definition) is 2. The summed E-state index contributed by atoms with van der Waals surface area (Å²) < 4.78 is 0. The van der Waals surface area contributed by atoms with Gasteiger partial charge in [0.25, 0.3) is 5.91 Å². The predicted molar refractivity (Wildman–Crippen MR) is 104 cm³/mol. The minimum Gasteiger partial charge on any atom is -0.360 e. The van der Waals surface area contributed by atoms with Crippen LogP contribution < -0.4 is 15.1 Å². The van der Waals surface area contributed by atoms with Gasteiger partial charge in [0.05, 0.1) is 26.2 Å². The Morgan fingerprint density at radius 1 is 1.04 bits per heavy atom. The highest BCUT2D eigenvalue weighted by Crippen LogP contribution is 2.15. The Labute approximate surface area is 154 Å². The van der Waals surface area contributed by atoms with E-state index in [4.69, 9.17) is 0 Å². The molecule has 0 unspecified atom stereocenters.